The maximum Gasteiger partial charge on any atom is 0.0931 e. The summed E-state index contributed by atoms with van der Waals surface area (Å²) in [4.78, 5) is 0. The molecule has 0 aromatic heterocycles. The van der Waals surface area contributed by atoms with Crippen LogP contribution in [0.3, 0.4) is 0 Å². The fraction of sp³-hybridized carbons (Fsp3) is 0.667. The summed E-state index contributed by atoms with van der Waals surface area (Å²) in [7, 11) is 0. The fourth-order valence-electron chi connectivity index (χ4n) is 0.392. The van der Waals surface area contributed by atoms with E-state index in [9.17, 15) is 8.78 Å². The van der Waals surface area contributed by atoms with Crippen molar-refractivity contribution in [3.63, 3.8) is 0 Å². The molecule has 0 bridgehead atoms. The molecule has 0 aliphatic heterocycles. The standard InChI is InChI=1S/C6H10F2/c1-6(2-4-7)3-5-8/h1-5H2. The van der Waals surface area contributed by atoms with Crippen molar-refractivity contribution >= 4 is 0 Å². The van der Waals surface area contributed by atoms with Crippen LogP contribution in [0.5, 0.6) is 0 Å². The molecule has 0 rings (SSSR count). The topological polar surface area (TPSA) is 0 Å². The van der Waals surface area contributed by atoms with Crippen LogP contribution in [-0.2, 0) is 0 Å². The van der Waals surface area contributed by atoms with E-state index < -0.39 is 13.3 Å². The van der Waals surface area contributed by atoms with E-state index in [1.807, 2.05) is 0 Å². The van der Waals surface area contributed by atoms with E-state index in [4.69, 9.17) is 0 Å². The molecule has 8 heavy (non-hydrogen) atoms. The predicted molar refractivity (Wildman–Crippen MR) is 30.3 cm³/mol. The highest BCUT2D eigenvalue weighted by Gasteiger charge is 1.91. The van der Waals surface area contributed by atoms with E-state index in [1.54, 1.807) is 0 Å². The van der Waals surface area contributed by atoms with Gasteiger partial charge in [-0.1, -0.05) is 12.2 Å². The number of rotatable bonds is 4. The van der Waals surface area contributed by atoms with Crippen molar-refractivity contribution in [2.24, 2.45) is 0 Å². The number of hydrogen-bond donors (Lipinski definition) is 0. The van der Waals surface area contributed by atoms with Crippen LogP contribution in [-0.4, -0.2) is 13.3 Å². The van der Waals surface area contributed by atoms with Crippen LogP contribution in [0.1, 0.15) is 12.8 Å². The number of alkyl halides is 2. The van der Waals surface area contributed by atoms with Gasteiger partial charge in [0, 0.05) is 0 Å². The third-order valence-corrected chi connectivity index (χ3v) is 0.896. The van der Waals surface area contributed by atoms with Crippen molar-refractivity contribution in [2.45, 2.75) is 12.8 Å². The monoisotopic (exact) mass is 120 g/mol. The molecule has 0 fully saturated rings. The maximum absolute atomic E-state index is 11.4. The molecule has 0 heterocycles. The molecule has 0 nitrogen and oxygen atoms in total. The fourth-order valence-corrected chi connectivity index (χ4v) is 0.392. The lowest BCUT2D eigenvalue weighted by Crippen LogP contribution is -1.84. The average Bonchev–Trinajstić information content (AvgIpc) is 1.68. The Morgan fingerprint density at radius 2 is 1.50 bits per heavy atom. The first-order valence-electron chi connectivity index (χ1n) is 2.60. The van der Waals surface area contributed by atoms with E-state index >= 15 is 0 Å². The molecular formula is C6H10F2. The minimum atomic E-state index is -0.418. The molecule has 0 unspecified atom stereocenters. The van der Waals surface area contributed by atoms with Gasteiger partial charge in [-0.2, -0.15) is 0 Å². The van der Waals surface area contributed by atoms with Crippen molar-refractivity contribution in [1.82, 2.24) is 0 Å². The largest absolute Gasteiger partial charge is 0.251 e. The summed E-state index contributed by atoms with van der Waals surface area (Å²) in [5.41, 5.74) is 0.662. The molecule has 0 saturated carbocycles. The van der Waals surface area contributed by atoms with Gasteiger partial charge in [0.1, 0.15) is 0 Å². The van der Waals surface area contributed by atoms with Gasteiger partial charge in [-0.3, -0.25) is 8.78 Å². The van der Waals surface area contributed by atoms with Crippen LogP contribution in [0, 0.1) is 0 Å². The third kappa shape index (κ3) is 3.78. The molecule has 0 aliphatic rings. The molecular weight excluding hydrogens is 110 g/mol. The SMILES string of the molecule is C=C(CCF)CCF. The summed E-state index contributed by atoms with van der Waals surface area (Å²) in [6.07, 6.45) is 0.619. The molecule has 0 aromatic carbocycles. The van der Waals surface area contributed by atoms with Crippen molar-refractivity contribution < 1.29 is 8.78 Å². The second kappa shape index (κ2) is 4.75. The first-order valence-corrected chi connectivity index (χ1v) is 2.60. The quantitative estimate of drug-likeness (QED) is 0.499. The van der Waals surface area contributed by atoms with Crippen LogP contribution < -0.4 is 0 Å². The lowest BCUT2D eigenvalue weighted by molar-refractivity contribution is 0.463. The Bertz CT molecular complexity index is 60.9. The van der Waals surface area contributed by atoms with Gasteiger partial charge in [0.25, 0.3) is 0 Å². The summed E-state index contributed by atoms with van der Waals surface area (Å²) in [5.74, 6) is 0. The summed E-state index contributed by atoms with van der Waals surface area (Å²) >= 11 is 0. The van der Waals surface area contributed by atoms with Gasteiger partial charge >= 0.3 is 0 Å². The molecule has 0 radical (unpaired) electrons. The lowest BCUT2D eigenvalue weighted by atomic mass is 10.2. The average molecular weight is 120 g/mol. The first-order chi connectivity index (χ1) is 3.81. The molecule has 0 aliphatic carbocycles. The van der Waals surface area contributed by atoms with Crippen LogP contribution in [0.2, 0.25) is 0 Å². The number of halogens is 2. The van der Waals surface area contributed by atoms with Gasteiger partial charge in [0.2, 0.25) is 0 Å². The normalized spacial score (nSPS) is 9.25. The van der Waals surface area contributed by atoms with Crippen LogP contribution in [0.15, 0.2) is 12.2 Å². The Balaban J connectivity index is 3.06. The second-order valence-corrected chi connectivity index (χ2v) is 1.63. The zero-order chi connectivity index (χ0) is 6.41. The molecule has 0 saturated heterocycles. The van der Waals surface area contributed by atoms with E-state index in [0.29, 0.717) is 18.4 Å². The van der Waals surface area contributed by atoms with Crippen molar-refractivity contribution in [3.05, 3.63) is 12.2 Å². The Morgan fingerprint density at radius 1 is 1.12 bits per heavy atom. The van der Waals surface area contributed by atoms with Gasteiger partial charge in [-0.05, 0) is 12.8 Å². The van der Waals surface area contributed by atoms with Gasteiger partial charge in [0.05, 0.1) is 13.3 Å². The summed E-state index contributed by atoms with van der Waals surface area (Å²) in [5, 5.41) is 0. The van der Waals surface area contributed by atoms with E-state index in [1.165, 1.54) is 0 Å². The van der Waals surface area contributed by atoms with Crippen molar-refractivity contribution in [1.29, 1.82) is 0 Å². The maximum atomic E-state index is 11.4. The molecule has 0 atom stereocenters. The highest BCUT2D eigenvalue weighted by molar-refractivity contribution is 4.93. The summed E-state index contributed by atoms with van der Waals surface area (Å²) in [6, 6.07) is 0. The van der Waals surface area contributed by atoms with Crippen LogP contribution in [0.4, 0.5) is 8.78 Å². The summed E-state index contributed by atoms with van der Waals surface area (Å²) in [6.45, 7) is 2.62. The highest BCUT2D eigenvalue weighted by atomic mass is 19.1. The van der Waals surface area contributed by atoms with E-state index in [-0.39, 0.29) is 0 Å². The molecule has 0 aromatic rings. The minimum absolute atomic E-state index is 0.309. The lowest BCUT2D eigenvalue weighted by Gasteiger charge is -1.94. The zero-order valence-corrected chi connectivity index (χ0v) is 4.79. The van der Waals surface area contributed by atoms with Gasteiger partial charge in [0.15, 0.2) is 0 Å². The van der Waals surface area contributed by atoms with Crippen LogP contribution in [0.25, 0.3) is 0 Å². The Kier molecular flexibility index (Phi) is 4.51. The number of hydrogen-bond acceptors (Lipinski definition) is 0. The van der Waals surface area contributed by atoms with E-state index in [2.05, 4.69) is 6.58 Å². The first kappa shape index (κ1) is 7.60. The minimum Gasteiger partial charge on any atom is -0.251 e. The summed E-state index contributed by atoms with van der Waals surface area (Å²) < 4.78 is 22.8. The van der Waals surface area contributed by atoms with Gasteiger partial charge in [-0.15, -0.1) is 0 Å². The van der Waals surface area contributed by atoms with E-state index in [0.717, 1.165) is 0 Å². The highest BCUT2D eigenvalue weighted by Crippen LogP contribution is 2.02. The van der Waals surface area contributed by atoms with Gasteiger partial charge < -0.3 is 0 Å². The third-order valence-electron chi connectivity index (χ3n) is 0.896. The Labute approximate surface area is 48.2 Å². The van der Waals surface area contributed by atoms with Crippen LogP contribution >= 0.6 is 0 Å². The molecule has 0 amide bonds. The number of allylic oxidation sites excluding steroid dienone is 1. The Morgan fingerprint density at radius 3 is 1.75 bits per heavy atom. The van der Waals surface area contributed by atoms with Crippen molar-refractivity contribution in [2.75, 3.05) is 13.3 Å². The predicted octanol–water partition coefficient (Wildman–Crippen LogP) is 2.26. The Hall–Kier alpha value is -0.400. The molecule has 2 heteroatoms. The smallest absolute Gasteiger partial charge is 0.0931 e. The van der Waals surface area contributed by atoms with Crippen molar-refractivity contribution in [3.8, 4) is 0 Å². The molecule has 48 valence electrons. The molecule has 0 spiro atoms. The molecule has 0 N–H and O–H groups in total. The second-order valence-electron chi connectivity index (χ2n) is 1.63. The zero-order valence-electron chi connectivity index (χ0n) is 4.79. The van der Waals surface area contributed by atoms with Gasteiger partial charge in [-0.25, -0.2) is 0 Å².